The van der Waals surface area contributed by atoms with Gasteiger partial charge in [-0.25, -0.2) is 0 Å². The second kappa shape index (κ2) is 10.1. The van der Waals surface area contributed by atoms with Crippen LogP contribution in [0.25, 0.3) is 0 Å². The third-order valence-corrected chi connectivity index (χ3v) is 4.00. The number of piperidine rings is 1. The zero-order valence-electron chi connectivity index (χ0n) is 14.3. The molecule has 2 rings (SSSR count). The monoisotopic (exact) mass is 320 g/mol. The van der Waals surface area contributed by atoms with Crippen LogP contribution in [-0.2, 0) is 16.1 Å². The number of ketones is 1. The van der Waals surface area contributed by atoms with Crippen LogP contribution in [0.1, 0.15) is 38.7 Å². The Labute approximate surface area is 138 Å². The Hall–Kier alpha value is -1.72. The molecular weight excluding hydrogens is 292 g/mol. The number of carbonyl (C=O) groups excluding carboxylic acids is 1. The lowest BCUT2D eigenvalue weighted by Gasteiger charge is -2.28. The number of carboxylic acid groups (broad SMARTS) is 1. The summed E-state index contributed by atoms with van der Waals surface area (Å²) in [6, 6.07) is 10.4. The number of rotatable bonds is 5. The molecule has 1 heterocycles. The number of hydrogen-bond acceptors (Lipinski definition) is 4. The summed E-state index contributed by atoms with van der Waals surface area (Å²) in [4.78, 5) is 23.4. The maximum Gasteiger partial charge on any atom is 0.304 e. The van der Waals surface area contributed by atoms with Crippen LogP contribution >= 0.6 is 0 Å². The summed E-state index contributed by atoms with van der Waals surface area (Å²) in [5.74, 6) is -0.348. The van der Waals surface area contributed by atoms with Crippen LogP contribution in [0, 0.1) is 0 Å². The van der Waals surface area contributed by atoms with Gasteiger partial charge < -0.3 is 15.3 Å². The van der Waals surface area contributed by atoms with Crippen molar-refractivity contribution in [1.29, 1.82) is 0 Å². The van der Waals surface area contributed by atoms with Crippen molar-refractivity contribution >= 4 is 11.8 Å². The van der Waals surface area contributed by atoms with E-state index in [2.05, 4.69) is 24.2 Å². The van der Waals surface area contributed by atoms with Gasteiger partial charge in [-0.05, 0) is 26.5 Å². The van der Waals surface area contributed by atoms with Crippen LogP contribution in [-0.4, -0.2) is 47.4 Å². The number of hydrogen-bond donors (Lipinski definition) is 2. The first-order chi connectivity index (χ1) is 10.9. The van der Waals surface area contributed by atoms with E-state index in [-0.39, 0.29) is 12.5 Å². The minimum atomic E-state index is -0.766. The van der Waals surface area contributed by atoms with Crippen LogP contribution in [0.5, 0.6) is 0 Å². The van der Waals surface area contributed by atoms with Crippen LogP contribution in [0.3, 0.4) is 0 Å². The van der Waals surface area contributed by atoms with Crippen LogP contribution in [0.4, 0.5) is 0 Å². The van der Waals surface area contributed by atoms with Gasteiger partial charge in [0.25, 0.3) is 0 Å². The Kier molecular flexibility index (Phi) is 8.51. The lowest BCUT2D eigenvalue weighted by atomic mass is 10.0. The molecule has 1 fully saturated rings. The average Bonchev–Trinajstić information content (AvgIpc) is 2.50. The third-order valence-electron chi connectivity index (χ3n) is 4.00. The van der Waals surface area contributed by atoms with Crippen LogP contribution < -0.4 is 5.32 Å². The van der Waals surface area contributed by atoms with Gasteiger partial charge in [0.2, 0.25) is 0 Å². The molecule has 23 heavy (non-hydrogen) atoms. The minimum Gasteiger partial charge on any atom is -0.481 e. The molecule has 0 saturated carbocycles. The molecule has 128 valence electrons. The molecule has 0 bridgehead atoms. The number of nitrogens with one attached hydrogen (secondary N) is 1. The largest absolute Gasteiger partial charge is 0.481 e. The first-order valence-electron chi connectivity index (χ1n) is 8.09. The molecule has 5 heteroatoms. The molecule has 0 spiro atoms. The first kappa shape index (κ1) is 19.3. The Morgan fingerprint density at radius 3 is 2.57 bits per heavy atom. The number of aliphatic carboxylic acids is 1. The van der Waals surface area contributed by atoms with Crippen molar-refractivity contribution in [2.24, 2.45) is 0 Å². The van der Waals surface area contributed by atoms with Crippen LogP contribution in [0.2, 0.25) is 0 Å². The van der Waals surface area contributed by atoms with Crippen molar-refractivity contribution in [1.82, 2.24) is 10.2 Å². The van der Waals surface area contributed by atoms with Crippen molar-refractivity contribution in [2.75, 3.05) is 13.6 Å². The van der Waals surface area contributed by atoms with E-state index in [1.807, 2.05) is 37.3 Å². The van der Waals surface area contributed by atoms with Gasteiger partial charge in [0.1, 0.15) is 5.78 Å². The normalized spacial score (nSPS) is 19.6. The Morgan fingerprint density at radius 1 is 1.39 bits per heavy atom. The molecule has 2 atom stereocenters. The van der Waals surface area contributed by atoms with Gasteiger partial charge in [0.15, 0.2) is 0 Å². The Balaban J connectivity index is 0.000000253. The molecular formula is C18H28N2O3. The van der Waals surface area contributed by atoms with Gasteiger partial charge in [0, 0.05) is 38.0 Å². The van der Waals surface area contributed by atoms with Crippen molar-refractivity contribution in [3.05, 3.63) is 35.9 Å². The fourth-order valence-corrected chi connectivity index (χ4v) is 2.33. The summed E-state index contributed by atoms with van der Waals surface area (Å²) >= 11 is 0. The highest BCUT2D eigenvalue weighted by atomic mass is 16.4. The second-order valence-corrected chi connectivity index (χ2v) is 6.19. The standard InChI is InChI=1S/C11H15NO2.C7H13NO/c1-9(7-11(13)14)12-8-10-5-3-2-4-6-10;1-6-5-7(9)3-4-8(6)2/h2-6,9,12H,7-8H2,1H3,(H,13,14);6H,3-5H2,1-2H3. The van der Waals surface area contributed by atoms with E-state index in [4.69, 9.17) is 5.11 Å². The van der Waals surface area contributed by atoms with Crippen molar-refractivity contribution in [3.63, 3.8) is 0 Å². The molecule has 0 radical (unpaired) electrons. The van der Waals surface area contributed by atoms with Crippen molar-refractivity contribution < 1.29 is 14.7 Å². The first-order valence-corrected chi connectivity index (χ1v) is 8.09. The van der Waals surface area contributed by atoms with Gasteiger partial charge in [-0.2, -0.15) is 0 Å². The van der Waals surface area contributed by atoms with Gasteiger partial charge in [-0.3, -0.25) is 9.59 Å². The topological polar surface area (TPSA) is 69.6 Å². The lowest BCUT2D eigenvalue weighted by molar-refractivity contribution is -0.137. The molecule has 1 aliphatic heterocycles. The van der Waals surface area contributed by atoms with Gasteiger partial charge in [0.05, 0.1) is 6.42 Å². The molecule has 1 aromatic carbocycles. The third kappa shape index (κ3) is 8.47. The fraction of sp³-hybridized carbons (Fsp3) is 0.556. The van der Waals surface area contributed by atoms with Crippen molar-refractivity contribution in [3.8, 4) is 0 Å². The molecule has 1 aromatic rings. The number of carboxylic acids is 1. The molecule has 0 amide bonds. The highest BCUT2D eigenvalue weighted by Gasteiger charge is 2.19. The Bertz CT molecular complexity index is 490. The number of carbonyl (C=O) groups is 2. The predicted molar refractivity (Wildman–Crippen MR) is 91.3 cm³/mol. The van der Waals surface area contributed by atoms with E-state index >= 15 is 0 Å². The van der Waals surface area contributed by atoms with Gasteiger partial charge >= 0.3 is 5.97 Å². The van der Waals surface area contributed by atoms with E-state index < -0.39 is 5.97 Å². The number of benzene rings is 1. The molecule has 1 aliphatic rings. The summed E-state index contributed by atoms with van der Waals surface area (Å²) in [6.07, 6.45) is 1.66. The van der Waals surface area contributed by atoms with E-state index in [9.17, 15) is 9.59 Å². The number of likely N-dealkylation sites (tertiary alicyclic amines) is 1. The zero-order chi connectivity index (χ0) is 17.2. The zero-order valence-corrected chi connectivity index (χ0v) is 14.3. The molecule has 0 aromatic heterocycles. The molecule has 2 unspecified atom stereocenters. The molecule has 5 nitrogen and oxygen atoms in total. The van der Waals surface area contributed by atoms with Crippen molar-refractivity contribution in [2.45, 2.75) is 51.7 Å². The average molecular weight is 320 g/mol. The van der Waals surface area contributed by atoms with E-state index in [0.717, 1.165) is 25.9 Å². The minimum absolute atomic E-state index is 0.00714. The summed E-state index contributed by atoms with van der Waals surface area (Å²) in [5, 5.41) is 11.7. The lowest BCUT2D eigenvalue weighted by Crippen LogP contribution is -2.37. The smallest absolute Gasteiger partial charge is 0.304 e. The summed E-state index contributed by atoms with van der Waals surface area (Å²) in [5.41, 5.74) is 1.17. The second-order valence-electron chi connectivity index (χ2n) is 6.19. The molecule has 2 N–H and O–H groups in total. The predicted octanol–water partition coefficient (Wildman–Crippen LogP) is 2.31. The summed E-state index contributed by atoms with van der Waals surface area (Å²) in [6.45, 7) is 5.63. The number of Topliss-reactive ketones (excluding diaryl/α,β-unsaturated/α-hetero) is 1. The highest BCUT2D eigenvalue weighted by Crippen LogP contribution is 2.10. The summed E-state index contributed by atoms with van der Waals surface area (Å²) < 4.78 is 0. The quantitative estimate of drug-likeness (QED) is 0.871. The maximum atomic E-state index is 10.8. The van der Waals surface area contributed by atoms with Crippen LogP contribution in [0.15, 0.2) is 30.3 Å². The summed E-state index contributed by atoms with van der Waals surface area (Å²) in [7, 11) is 2.07. The number of nitrogens with zero attached hydrogens (tertiary/aromatic N) is 1. The maximum absolute atomic E-state index is 10.8. The van der Waals surface area contributed by atoms with Gasteiger partial charge in [-0.1, -0.05) is 30.3 Å². The Morgan fingerprint density at radius 2 is 2.04 bits per heavy atom. The van der Waals surface area contributed by atoms with E-state index in [0.29, 0.717) is 11.8 Å². The van der Waals surface area contributed by atoms with E-state index in [1.54, 1.807) is 0 Å². The van der Waals surface area contributed by atoms with E-state index in [1.165, 1.54) is 5.56 Å². The molecule has 0 aliphatic carbocycles. The fourth-order valence-electron chi connectivity index (χ4n) is 2.33. The molecule has 1 saturated heterocycles. The SMILES string of the molecule is CC(CC(=O)O)NCc1ccccc1.CC1CC(=O)CCN1C. The highest BCUT2D eigenvalue weighted by molar-refractivity contribution is 5.79. The van der Waals surface area contributed by atoms with Gasteiger partial charge in [-0.15, -0.1) is 0 Å².